The molecule has 1 aliphatic heterocycles. The fourth-order valence-corrected chi connectivity index (χ4v) is 12.1. The molecule has 302 valence electrons. The molecule has 11 aromatic rings. The van der Waals surface area contributed by atoms with Crippen molar-refractivity contribution in [3.63, 3.8) is 0 Å². The van der Waals surface area contributed by atoms with Gasteiger partial charge in [-0.25, -0.2) is 9.97 Å². The molecule has 0 fully saturated rings. The summed E-state index contributed by atoms with van der Waals surface area (Å²) in [5, 5.41) is 3.23. The second-order valence-electron chi connectivity index (χ2n) is 16.9. The Hall–Kier alpha value is -8.19. The Morgan fingerprint density at radius 3 is 2.00 bits per heavy atom. The maximum absolute atomic E-state index is 5.38. The highest BCUT2D eigenvalue weighted by Crippen LogP contribution is 2.66. The number of fused-ring (bicyclic) bond motifs is 15. The molecule has 3 aliphatic rings. The van der Waals surface area contributed by atoms with Gasteiger partial charge in [-0.15, -0.1) is 0 Å². The Bertz CT molecular complexity index is 3780. The van der Waals surface area contributed by atoms with Crippen LogP contribution in [0.2, 0.25) is 0 Å². The summed E-state index contributed by atoms with van der Waals surface area (Å²) in [6.45, 7) is 0. The zero-order valence-electron chi connectivity index (χ0n) is 34.9. The number of rotatable bonds is 4. The molecule has 14 rings (SSSR count). The maximum atomic E-state index is 5.38. The van der Waals surface area contributed by atoms with Crippen molar-refractivity contribution in [1.29, 1.82) is 0 Å². The summed E-state index contributed by atoms with van der Waals surface area (Å²) in [6, 6.07) is 71.7. The standard InChI is InChI=1S/C59H35N5S/c1-3-16-36(17-4-1)54-44-23-10-12-26-49(44)62-58(63-54)42-30-29-39(40-20-7-8-21-41(40)42)37-34-48-56(61-35-37)55-47(25-15-33-60-55)59(48)45-24-11-9-22-43(45)53-46(59)31-32-51-57(53)65-52-28-14-13-27-50(52)64(51)38-18-5-2-6-19-38/h1-35H. The predicted molar refractivity (Wildman–Crippen MR) is 264 cm³/mol. The number of aromatic nitrogens is 4. The van der Waals surface area contributed by atoms with Crippen molar-refractivity contribution >= 4 is 50.5 Å². The molecular weight excluding hydrogens is 811 g/mol. The number of hydrogen-bond donors (Lipinski definition) is 0. The molecule has 0 saturated heterocycles. The van der Waals surface area contributed by atoms with Crippen molar-refractivity contribution in [3.05, 3.63) is 235 Å². The number of benzene rings is 8. The number of anilines is 3. The van der Waals surface area contributed by atoms with Gasteiger partial charge >= 0.3 is 0 Å². The van der Waals surface area contributed by atoms with E-state index in [1.165, 1.54) is 43.4 Å². The van der Waals surface area contributed by atoms with Crippen LogP contribution in [0.1, 0.15) is 22.3 Å². The van der Waals surface area contributed by atoms with Gasteiger partial charge in [0, 0.05) is 61.1 Å². The molecule has 0 bridgehead atoms. The van der Waals surface area contributed by atoms with E-state index < -0.39 is 5.41 Å². The zero-order valence-corrected chi connectivity index (χ0v) is 35.7. The van der Waals surface area contributed by atoms with Crippen LogP contribution in [0.15, 0.2) is 222 Å². The first-order valence-corrected chi connectivity index (χ1v) is 22.8. The monoisotopic (exact) mass is 845 g/mol. The van der Waals surface area contributed by atoms with Gasteiger partial charge in [-0.2, -0.15) is 0 Å². The van der Waals surface area contributed by atoms with E-state index in [4.69, 9.17) is 19.9 Å². The molecule has 0 saturated carbocycles. The van der Waals surface area contributed by atoms with E-state index >= 15 is 0 Å². The molecule has 5 nitrogen and oxygen atoms in total. The second kappa shape index (κ2) is 13.9. The third-order valence-corrected chi connectivity index (χ3v) is 14.8. The average Bonchev–Trinajstić information content (AvgIpc) is 3.85. The lowest BCUT2D eigenvalue weighted by Crippen LogP contribution is -2.26. The normalized spacial score (nSPS) is 15.0. The second-order valence-corrected chi connectivity index (χ2v) is 17.9. The van der Waals surface area contributed by atoms with Gasteiger partial charge in [0.05, 0.1) is 39.4 Å². The minimum atomic E-state index is -0.638. The Kier molecular flexibility index (Phi) is 7.77. The van der Waals surface area contributed by atoms with Crippen LogP contribution in [0.5, 0.6) is 0 Å². The minimum absolute atomic E-state index is 0.638. The summed E-state index contributed by atoms with van der Waals surface area (Å²) in [7, 11) is 0. The molecule has 1 unspecified atom stereocenters. The first kappa shape index (κ1) is 36.3. The molecule has 3 aromatic heterocycles. The molecule has 1 spiro atoms. The minimum Gasteiger partial charge on any atom is -0.308 e. The molecule has 1 atom stereocenters. The first-order valence-electron chi connectivity index (χ1n) is 22.0. The van der Waals surface area contributed by atoms with Crippen molar-refractivity contribution < 1.29 is 0 Å². The molecule has 2 aliphatic carbocycles. The Morgan fingerprint density at radius 1 is 0.431 bits per heavy atom. The first-order chi connectivity index (χ1) is 32.3. The molecule has 6 heteroatoms. The van der Waals surface area contributed by atoms with Crippen molar-refractivity contribution in [2.45, 2.75) is 15.2 Å². The van der Waals surface area contributed by atoms with E-state index in [1.54, 1.807) is 0 Å². The highest BCUT2D eigenvalue weighted by molar-refractivity contribution is 8.00. The van der Waals surface area contributed by atoms with Crippen LogP contribution in [-0.2, 0) is 5.41 Å². The number of para-hydroxylation sites is 3. The van der Waals surface area contributed by atoms with Crippen LogP contribution in [-0.4, -0.2) is 19.9 Å². The average molecular weight is 846 g/mol. The van der Waals surface area contributed by atoms with E-state index in [0.29, 0.717) is 5.82 Å². The Balaban J connectivity index is 0.983. The molecule has 0 N–H and O–H groups in total. The van der Waals surface area contributed by atoms with E-state index in [9.17, 15) is 0 Å². The molecular formula is C59H35N5S. The van der Waals surface area contributed by atoms with Crippen molar-refractivity contribution in [2.75, 3.05) is 4.90 Å². The van der Waals surface area contributed by atoms with E-state index in [-0.39, 0.29) is 0 Å². The highest BCUT2D eigenvalue weighted by Gasteiger charge is 2.54. The molecule has 0 radical (unpaired) electrons. The summed E-state index contributed by atoms with van der Waals surface area (Å²) in [5.74, 6) is 0.701. The largest absolute Gasteiger partial charge is 0.308 e. The van der Waals surface area contributed by atoms with Gasteiger partial charge in [-0.05, 0) is 93.2 Å². The van der Waals surface area contributed by atoms with Crippen LogP contribution in [0.3, 0.4) is 0 Å². The topological polar surface area (TPSA) is 54.8 Å². The lowest BCUT2D eigenvalue weighted by Gasteiger charge is -2.35. The fraction of sp³-hybridized carbons (Fsp3) is 0.0169. The number of hydrogen-bond acceptors (Lipinski definition) is 6. The summed E-state index contributed by atoms with van der Waals surface area (Å²) in [4.78, 5) is 25.8. The quantitative estimate of drug-likeness (QED) is 0.176. The van der Waals surface area contributed by atoms with Crippen LogP contribution in [0, 0.1) is 0 Å². The van der Waals surface area contributed by atoms with Gasteiger partial charge in [0.1, 0.15) is 0 Å². The lowest BCUT2D eigenvalue weighted by molar-refractivity contribution is 0.788. The van der Waals surface area contributed by atoms with E-state index in [0.717, 1.165) is 77.8 Å². The summed E-state index contributed by atoms with van der Waals surface area (Å²) >= 11 is 1.87. The van der Waals surface area contributed by atoms with Crippen molar-refractivity contribution in [2.24, 2.45) is 0 Å². The summed E-state index contributed by atoms with van der Waals surface area (Å²) in [5.41, 5.74) is 18.1. The zero-order chi connectivity index (χ0) is 42.6. The van der Waals surface area contributed by atoms with Crippen LogP contribution < -0.4 is 4.90 Å². The van der Waals surface area contributed by atoms with Gasteiger partial charge in [0.25, 0.3) is 0 Å². The Morgan fingerprint density at radius 2 is 1.12 bits per heavy atom. The van der Waals surface area contributed by atoms with Gasteiger partial charge < -0.3 is 4.90 Å². The third kappa shape index (κ3) is 5.11. The fourth-order valence-electron chi connectivity index (χ4n) is 10.9. The van der Waals surface area contributed by atoms with E-state index in [1.807, 2.05) is 36.3 Å². The van der Waals surface area contributed by atoms with Crippen LogP contribution in [0.25, 0.3) is 78.0 Å². The maximum Gasteiger partial charge on any atom is 0.161 e. The SMILES string of the molecule is c1ccc(-c2nc(-c3ccc(-c4cnc5c(c4)C4(c6ccccc6-c6c4ccc4c6Sc6ccccc6N4c4ccccc4)c4cccnc4-5)c4ccccc34)nc3ccccc23)cc1. The van der Waals surface area contributed by atoms with Crippen molar-refractivity contribution in [1.82, 2.24) is 19.9 Å². The Labute approximate surface area is 379 Å². The van der Waals surface area contributed by atoms with E-state index in [2.05, 4.69) is 193 Å². The predicted octanol–water partition coefficient (Wildman–Crippen LogP) is 14.9. The van der Waals surface area contributed by atoms with Gasteiger partial charge in [-0.1, -0.05) is 157 Å². The summed E-state index contributed by atoms with van der Waals surface area (Å²) in [6.07, 6.45) is 3.94. The highest BCUT2D eigenvalue weighted by atomic mass is 32.2. The number of nitrogens with zero attached hydrogens (tertiary/aromatic N) is 5. The third-order valence-electron chi connectivity index (χ3n) is 13.6. The number of pyridine rings is 2. The van der Waals surface area contributed by atoms with Gasteiger partial charge in [0.2, 0.25) is 0 Å². The van der Waals surface area contributed by atoms with Crippen LogP contribution in [0.4, 0.5) is 17.1 Å². The van der Waals surface area contributed by atoms with Crippen LogP contribution >= 0.6 is 11.8 Å². The summed E-state index contributed by atoms with van der Waals surface area (Å²) < 4.78 is 0. The van der Waals surface area contributed by atoms with Gasteiger partial charge in [0.15, 0.2) is 5.82 Å². The van der Waals surface area contributed by atoms with Crippen molar-refractivity contribution in [3.8, 4) is 56.3 Å². The molecule has 8 aromatic carbocycles. The molecule has 65 heavy (non-hydrogen) atoms. The molecule has 0 amide bonds. The van der Waals surface area contributed by atoms with Gasteiger partial charge in [-0.3, -0.25) is 9.97 Å². The smallest absolute Gasteiger partial charge is 0.161 e. The lowest BCUT2D eigenvalue weighted by atomic mass is 9.70. The molecule has 4 heterocycles.